The lowest BCUT2D eigenvalue weighted by molar-refractivity contribution is 0.876. The molecular weight excluding hydrogens is 291 g/mol. The van der Waals surface area contributed by atoms with Crippen molar-refractivity contribution in [1.82, 2.24) is 9.97 Å². The van der Waals surface area contributed by atoms with E-state index in [0.717, 1.165) is 23.0 Å². The molecule has 2 heterocycles. The van der Waals surface area contributed by atoms with Crippen molar-refractivity contribution in [1.29, 1.82) is 0 Å². The van der Waals surface area contributed by atoms with E-state index >= 15 is 0 Å². The van der Waals surface area contributed by atoms with Crippen molar-refractivity contribution in [3.05, 3.63) is 11.5 Å². The first-order valence-corrected chi connectivity index (χ1v) is 5.72. The van der Waals surface area contributed by atoms with Crippen molar-refractivity contribution in [3.63, 3.8) is 0 Å². The maximum Gasteiger partial charge on any atom is 0.158 e. The first-order valence-electron chi connectivity index (χ1n) is 4.47. The topological polar surface area (TPSA) is 32.3 Å². The molecule has 4 nitrogen and oxygen atoms in total. The minimum Gasteiger partial charge on any atom is -0.342 e. The van der Waals surface area contributed by atoms with Crippen molar-refractivity contribution in [2.45, 2.75) is 18.0 Å². The summed E-state index contributed by atoms with van der Waals surface area (Å²) in [4.78, 5) is 13.2. The second kappa shape index (κ2) is 3.22. The lowest BCUT2D eigenvalue weighted by Gasteiger charge is -2.20. The van der Waals surface area contributed by atoms with Crippen LogP contribution in [0.5, 0.6) is 0 Å². The lowest BCUT2D eigenvalue weighted by atomic mass is 10.3. The summed E-state index contributed by atoms with van der Waals surface area (Å²) in [6.45, 7) is 3.97. The van der Waals surface area contributed by atoms with Gasteiger partial charge in [-0.2, -0.15) is 0 Å². The van der Waals surface area contributed by atoms with Gasteiger partial charge in [0.2, 0.25) is 0 Å². The average molecular weight is 304 g/mol. The Kier molecular flexibility index (Phi) is 2.29. The molecule has 0 fully saturated rings. The highest BCUT2D eigenvalue weighted by molar-refractivity contribution is 14.1. The number of hydrogen-bond acceptors (Lipinski definition) is 4. The fourth-order valence-corrected chi connectivity index (χ4v) is 2.36. The molecule has 1 aliphatic heterocycles. The molecule has 14 heavy (non-hydrogen) atoms. The smallest absolute Gasteiger partial charge is 0.158 e. The molecule has 0 aliphatic carbocycles. The standard InChI is InChI=1S/C9H13IN4/c1-5-7-8(12-6(2)11-5)14(4)9(10)13(7)3/h9H,1-4H3. The van der Waals surface area contributed by atoms with E-state index in [-0.39, 0.29) is 0 Å². The average Bonchev–Trinajstić information content (AvgIpc) is 2.31. The zero-order valence-electron chi connectivity index (χ0n) is 8.74. The molecule has 1 unspecified atom stereocenters. The van der Waals surface area contributed by atoms with Gasteiger partial charge < -0.3 is 9.80 Å². The Hall–Kier alpha value is -0.590. The van der Waals surface area contributed by atoms with Crippen LogP contribution in [0.3, 0.4) is 0 Å². The molecule has 1 aliphatic rings. The van der Waals surface area contributed by atoms with Gasteiger partial charge in [0.25, 0.3) is 0 Å². The first kappa shape index (κ1) is 9.95. The third-order valence-corrected chi connectivity index (χ3v) is 4.15. The summed E-state index contributed by atoms with van der Waals surface area (Å²) in [6, 6.07) is 0. The quantitative estimate of drug-likeness (QED) is 0.415. The molecule has 1 atom stereocenters. The van der Waals surface area contributed by atoms with Crippen molar-refractivity contribution >= 4 is 34.1 Å². The van der Waals surface area contributed by atoms with E-state index in [2.05, 4.69) is 56.5 Å². The third kappa shape index (κ3) is 1.25. The van der Waals surface area contributed by atoms with Gasteiger partial charge >= 0.3 is 0 Å². The van der Waals surface area contributed by atoms with Gasteiger partial charge in [0.1, 0.15) is 11.5 Å². The van der Waals surface area contributed by atoms with Crippen LogP contribution >= 0.6 is 22.6 Å². The van der Waals surface area contributed by atoms with E-state index in [0.29, 0.717) is 4.17 Å². The van der Waals surface area contributed by atoms with Crippen molar-refractivity contribution in [2.24, 2.45) is 0 Å². The molecule has 0 radical (unpaired) electrons. The van der Waals surface area contributed by atoms with Gasteiger partial charge in [0, 0.05) is 14.1 Å². The Balaban J connectivity index is 2.63. The molecule has 5 heteroatoms. The van der Waals surface area contributed by atoms with Crippen molar-refractivity contribution in [2.75, 3.05) is 23.9 Å². The number of aryl methyl sites for hydroxylation is 2. The molecular formula is C9H13IN4. The van der Waals surface area contributed by atoms with Crippen LogP contribution < -0.4 is 9.80 Å². The minimum absolute atomic E-state index is 0.331. The summed E-state index contributed by atoms with van der Waals surface area (Å²) in [5, 5.41) is 0. The number of hydrogen-bond donors (Lipinski definition) is 0. The van der Waals surface area contributed by atoms with E-state index in [1.165, 1.54) is 0 Å². The van der Waals surface area contributed by atoms with E-state index in [1.807, 2.05) is 13.8 Å². The molecule has 0 aromatic carbocycles. The Bertz CT molecular complexity index is 379. The van der Waals surface area contributed by atoms with Gasteiger partial charge in [-0.1, -0.05) is 0 Å². The fourth-order valence-electron chi connectivity index (χ4n) is 1.81. The van der Waals surface area contributed by atoms with Crippen LogP contribution in [0.25, 0.3) is 0 Å². The number of rotatable bonds is 0. The van der Waals surface area contributed by atoms with E-state index in [4.69, 9.17) is 0 Å². The highest BCUT2D eigenvalue weighted by Gasteiger charge is 2.32. The predicted octanol–water partition coefficient (Wildman–Crippen LogP) is 1.70. The molecule has 0 spiro atoms. The van der Waals surface area contributed by atoms with Gasteiger partial charge in [-0.25, -0.2) is 9.97 Å². The summed E-state index contributed by atoms with van der Waals surface area (Å²) >= 11 is 2.39. The second-order valence-electron chi connectivity index (χ2n) is 3.56. The van der Waals surface area contributed by atoms with Gasteiger partial charge in [-0.3, -0.25) is 0 Å². The molecule has 0 bridgehead atoms. The van der Waals surface area contributed by atoms with Gasteiger partial charge in [0.15, 0.2) is 9.99 Å². The largest absolute Gasteiger partial charge is 0.342 e. The number of halogens is 1. The molecule has 0 N–H and O–H groups in total. The molecule has 76 valence electrons. The maximum absolute atomic E-state index is 4.46. The van der Waals surface area contributed by atoms with Gasteiger partial charge in [0.05, 0.1) is 5.69 Å². The van der Waals surface area contributed by atoms with Crippen LogP contribution in [0.1, 0.15) is 11.5 Å². The zero-order valence-corrected chi connectivity index (χ0v) is 10.9. The highest BCUT2D eigenvalue weighted by atomic mass is 127. The monoisotopic (exact) mass is 304 g/mol. The molecule has 0 saturated carbocycles. The lowest BCUT2D eigenvalue weighted by Crippen LogP contribution is -2.33. The summed E-state index contributed by atoms with van der Waals surface area (Å²) in [7, 11) is 4.14. The zero-order chi connectivity index (χ0) is 10.5. The number of fused-ring (bicyclic) bond motifs is 1. The van der Waals surface area contributed by atoms with Crippen LogP contribution in [0.4, 0.5) is 11.5 Å². The van der Waals surface area contributed by atoms with E-state index < -0.39 is 0 Å². The van der Waals surface area contributed by atoms with E-state index in [1.54, 1.807) is 0 Å². The van der Waals surface area contributed by atoms with Crippen LogP contribution in [-0.4, -0.2) is 28.2 Å². The predicted molar refractivity (Wildman–Crippen MR) is 66.1 cm³/mol. The summed E-state index contributed by atoms with van der Waals surface area (Å²) in [5.74, 6) is 1.88. The third-order valence-electron chi connectivity index (χ3n) is 2.48. The Morgan fingerprint density at radius 3 is 2.43 bits per heavy atom. The SMILES string of the molecule is Cc1nc(C)c2c(n1)N(C)C(I)N2C. The number of aromatic nitrogens is 2. The highest BCUT2D eigenvalue weighted by Crippen LogP contribution is 2.39. The second-order valence-corrected chi connectivity index (χ2v) is 4.68. The first-order chi connectivity index (χ1) is 6.52. The van der Waals surface area contributed by atoms with Crippen LogP contribution in [0.15, 0.2) is 0 Å². The summed E-state index contributed by atoms with van der Waals surface area (Å²) < 4.78 is 0.331. The van der Waals surface area contributed by atoms with Crippen LogP contribution in [0, 0.1) is 13.8 Å². The fraction of sp³-hybridized carbons (Fsp3) is 0.556. The van der Waals surface area contributed by atoms with Gasteiger partial charge in [-0.15, -0.1) is 0 Å². The van der Waals surface area contributed by atoms with Gasteiger partial charge in [-0.05, 0) is 36.4 Å². The Morgan fingerprint density at radius 1 is 1.14 bits per heavy atom. The number of anilines is 2. The normalized spacial score (nSPS) is 20.2. The van der Waals surface area contributed by atoms with Crippen LogP contribution in [-0.2, 0) is 0 Å². The Morgan fingerprint density at radius 2 is 1.79 bits per heavy atom. The maximum atomic E-state index is 4.46. The number of alkyl halides is 1. The molecule has 0 amide bonds. The minimum atomic E-state index is 0.331. The van der Waals surface area contributed by atoms with E-state index in [9.17, 15) is 0 Å². The van der Waals surface area contributed by atoms with Crippen LogP contribution in [0.2, 0.25) is 0 Å². The molecule has 2 rings (SSSR count). The summed E-state index contributed by atoms with van der Waals surface area (Å²) in [6.07, 6.45) is 0. The molecule has 0 saturated heterocycles. The Labute approximate surface area is 97.5 Å². The summed E-state index contributed by atoms with van der Waals surface area (Å²) in [5.41, 5.74) is 2.21. The number of nitrogens with zero attached hydrogens (tertiary/aromatic N) is 4. The van der Waals surface area contributed by atoms with Crippen molar-refractivity contribution in [3.8, 4) is 0 Å². The molecule has 1 aromatic heterocycles. The van der Waals surface area contributed by atoms with Crippen molar-refractivity contribution < 1.29 is 0 Å². The molecule has 1 aromatic rings.